The molecule has 1 saturated heterocycles. The van der Waals surface area contributed by atoms with E-state index in [9.17, 15) is 14.7 Å². The van der Waals surface area contributed by atoms with E-state index in [-0.39, 0.29) is 13.0 Å². The van der Waals surface area contributed by atoms with Crippen LogP contribution < -0.4 is 0 Å². The molecular weight excluding hydrogens is 204 g/mol. The first kappa shape index (κ1) is 11.9. The monoisotopic (exact) mass is 218 g/mol. The minimum absolute atomic E-state index is 0.0235. The summed E-state index contributed by atoms with van der Waals surface area (Å²) in [6.45, 7) is 2.52. The molecule has 0 aromatic heterocycles. The summed E-state index contributed by atoms with van der Waals surface area (Å²) in [5, 5.41) is 9.19. The highest BCUT2D eigenvalue weighted by atomic mass is 16.7. The van der Waals surface area contributed by atoms with Crippen LogP contribution >= 0.6 is 0 Å². The standard InChI is InChI=1S/C9H14O6/c1-5(10)13-4-8-7(14-6(2)11)3-9(12)15-8/h7-9,12H,3-4H2,1-2H3/t7-,8-,9?/m1/s1. The Hall–Kier alpha value is -1.14. The molecule has 1 heterocycles. The number of carbonyl (C=O) groups is 2. The third kappa shape index (κ3) is 3.85. The molecule has 0 bridgehead atoms. The highest BCUT2D eigenvalue weighted by Crippen LogP contribution is 2.22. The van der Waals surface area contributed by atoms with Crippen molar-refractivity contribution in [3.8, 4) is 0 Å². The second kappa shape index (κ2) is 5.09. The minimum Gasteiger partial charge on any atom is -0.463 e. The van der Waals surface area contributed by atoms with Crippen molar-refractivity contribution >= 4 is 11.9 Å². The number of aliphatic hydroxyl groups excluding tert-OH is 1. The molecule has 1 N–H and O–H groups in total. The topological polar surface area (TPSA) is 82.1 Å². The molecule has 86 valence electrons. The van der Waals surface area contributed by atoms with Crippen LogP contribution in [-0.4, -0.2) is 42.1 Å². The summed E-state index contributed by atoms with van der Waals surface area (Å²) in [5.41, 5.74) is 0. The predicted molar refractivity (Wildman–Crippen MR) is 47.7 cm³/mol. The Balaban J connectivity index is 2.45. The molecule has 0 radical (unpaired) electrons. The molecule has 1 rings (SSSR count). The van der Waals surface area contributed by atoms with E-state index in [2.05, 4.69) is 0 Å². The fourth-order valence-corrected chi connectivity index (χ4v) is 1.38. The minimum atomic E-state index is -0.977. The average Bonchev–Trinajstić information content (AvgIpc) is 2.41. The zero-order valence-corrected chi connectivity index (χ0v) is 8.63. The van der Waals surface area contributed by atoms with Crippen LogP contribution in [0.3, 0.4) is 0 Å². The summed E-state index contributed by atoms with van der Waals surface area (Å²) in [4.78, 5) is 21.3. The molecule has 15 heavy (non-hydrogen) atoms. The van der Waals surface area contributed by atoms with Crippen molar-refractivity contribution in [2.75, 3.05) is 6.61 Å². The van der Waals surface area contributed by atoms with Gasteiger partial charge in [-0.05, 0) is 0 Å². The van der Waals surface area contributed by atoms with Gasteiger partial charge in [-0.3, -0.25) is 9.59 Å². The van der Waals surface area contributed by atoms with Gasteiger partial charge >= 0.3 is 11.9 Å². The lowest BCUT2D eigenvalue weighted by Gasteiger charge is -2.17. The summed E-state index contributed by atoms with van der Waals surface area (Å²) in [5.74, 6) is -0.896. The van der Waals surface area contributed by atoms with Gasteiger partial charge in [-0.2, -0.15) is 0 Å². The number of esters is 2. The fourth-order valence-electron chi connectivity index (χ4n) is 1.38. The molecule has 0 aromatic carbocycles. The van der Waals surface area contributed by atoms with Crippen LogP contribution in [0.5, 0.6) is 0 Å². The first-order valence-electron chi connectivity index (χ1n) is 4.63. The highest BCUT2D eigenvalue weighted by molar-refractivity contribution is 5.66. The van der Waals surface area contributed by atoms with Crippen LogP contribution in [0, 0.1) is 0 Å². The number of rotatable bonds is 3. The van der Waals surface area contributed by atoms with E-state index in [4.69, 9.17) is 14.2 Å². The van der Waals surface area contributed by atoms with Crippen LogP contribution in [0.2, 0.25) is 0 Å². The zero-order valence-electron chi connectivity index (χ0n) is 8.63. The van der Waals surface area contributed by atoms with Gasteiger partial charge in [0, 0.05) is 20.3 Å². The molecule has 0 spiro atoms. The maximum absolute atomic E-state index is 10.7. The van der Waals surface area contributed by atoms with E-state index in [1.54, 1.807) is 0 Å². The van der Waals surface area contributed by atoms with Crippen molar-refractivity contribution < 1.29 is 28.9 Å². The second-order valence-corrected chi connectivity index (χ2v) is 3.32. The lowest BCUT2D eigenvalue weighted by molar-refractivity contribution is -0.159. The third-order valence-corrected chi connectivity index (χ3v) is 1.95. The summed E-state index contributed by atoms with van der Waals surface area (Å²) in [6.07, 6.45) is -1.93. The van der Waals surface area contributed by atoms with Crippen molar-refractivity contribution in [3.63, 3.8) is 0 Å². The van der Waals surface area contributed by atoms with E-state index in [0.717, 1.165) is 0 Å². The Morgan fingerprint density at radius 1 is 1.40 bits per heavy atom. The molecule has 0 aromatic rings. The van der Waals surface area contributed by atoms with Crippen LogP contribution in [0.15, 0.2) is 0 Å². The van der Waals surface area contributed by atoms with E-state index in [1.807, 2.05) is 0 Å². The van der Waals surface area contributed by atoms with E-state index >= 15 is 0 Å². The van der Waals surface area contributed by atoms with Crippen LogP contribution in [0.4, 0.5) is 0 Å². The van der Waals surface area contributed by atoms with Gasteiger partial charge < -0.3 is 19.3 Å². The maximum atomic E-state index is 10.7. The van der Waals surface area contributed by atoms with Crippen molar-refractivity contribution in [1.82, 2.24) is 0 Å². The summed E-state index contributed by atoms with van der Waals surface area (Å²) < 4.78 is 14.7. The van der Waals surface area contributed by atoms with Crippen molar-refractivity contribution in [2.45, 2.75) is 38.8 Å². The lowest BCUT2D eigenvalue weighted by Crippen LogP contribution is -2.31. The second-order valence-electron chi connectivity index (χ2n) is 3.32. The summed E-state index contributed by atoms with van der Waals surface area (Å²) in [6, 6.07) is 0. The Morgan fingerprint density at radius 2 is 2.07 bits per heavy atom. The van der Waals surface area contributed by atoms with Crippen molar-refractivity contribution in [1.29, 1.82) is 0 Å². The van der Waals surface area contributed by atoms with Crippen LogP contribution in [0.1, 0.15) is 20.3 Å². The van der Waals surface area contributed by atoms with E-state index in [0.29, 0.717) is 0 Å². The average molecular weight is 218 g/mol. The molecule has 0 saturated carbocycles. The van der Waals surface area contributed by atoms with Crippen molar-refractivity contribution in [2.24, 2.45) is 0 Å². The Morgan fingerprint density at radius 3 is 2.60 bits per heavy atom. The number of aliphatic hydroxyl groups is 1. The molecule has 1 unspecified atom stereocenters. The number of carbonyl (C=O) groups excluding carboxylic acids is 2. The van der Waals surface area contributed by atoms with Crippen LogP contribution in [-0.2, 0) is 23.8 Å². The molecule has 0 aliphatic carbocycles. The van der Waals surface area contributed by atoms with Gasteiger partial charge in [-0.1, -0.05) is 0 Å². The quantitative estimate of drug-likeness (QED) is 0.648. The molecule has 6 nitrogen and oxygen atoms in total. The first-order valence-corrected chi connectivity index (χ1v) is 4.63. The van der Waals surface area contributed by atoms with Crippen molar-refractivity contribution in [3.05, 3.63) is 0 Å². The lowest BCUT2D eigenvalue weighted by atomic mass is 10.2. The largest absolute Gasteiger partial charge is 0.463 e. The Kier molecular flexibility index (Phi) is 4.05. The predicted octanol–water partition coefficient (Wildman–Crippen LogP) is -0.412. The zero-order chi connectivity index (χ0) is 11.4. The smallest absolute Gasteiger partial charge is 0.303 e. The fraction of sp³-hybridized carbons (Fsp3) is 0.778. The first-order chi connectivity index (χ1) is 6.99. The van der Waals surface area contributed by atoms with Gasteiger partial charge in [0.15, 0.2) is 6.29 Å². The number of hydrogen-bond acceptors (Lipinski definition) is 6. The molecule has 1 aliphatic rings. The third-order valence-electron chi connectivity index (χ3n) is 1.95. The van der Waals surface area contributed by atoms with Gasteiger partial charge in [0.1, 0.15) is 18.8 Å². The normalized spacial score (nSPS) is 29.9. The molecular formula is C9H14O6. The molecule has 3 atom stereocenters. The highest BCUT2D eigenvalue weighted by Gasteiger charge is 2.37. The maximum Gasteiger partial charge on any atom is 0.303 e. The van der Waals surface area contributed by atoms with Gasteiger partial charge in [-0.25, -0.2) is 0 Å². The van der Waals surface area contributed by atoms with E-state index in [1.165, 1.54) is 13.8 Å². The van der Waals surface area contributed by atoms with Gasteiger partial charge in [0.25, 0.3) is 0 Å². The van der Waals surface area contributed by atoms with E-state index < -0.39 is 30.4 Å². The van der Waals surface area contributed by atoms with Gasteiger partial charge in [0.05, 0.1) is 0 Å². The summed E-state index contributed by atoms with van der Waals surface area (Å²) in [7, 11) is 0. The Bertz CT molecular complexity index is 251. The molecule has 1 aliphatic heterocycles. The number of hydrogen-bond donors (Lipinski definition) is 1. The van der Waals surface area contributed by atoms with Gasteiger partial charge in [-0.15, -0.1) is 0 Å². The molecule has 6 heteroatoms. The number of ether oxygens (including phenoxy) is 3. The Labute approximate surface area is 87.1 Å². The molecule has 1 fully saturated rings. The molecule has 0 amide bonds. The van der Waals surface area contributed by atoms with Crippen LogP contribution in [0.25, 0.3) is 0 Å². The van der Waals surface area contributed by atoms with Gasteiger partial charge in [0.2, 0.25) is 0 Å². The summed E-state index contributed by atoms with van der Waals surface area (Å²) >= 11 is 0. The SMILES string of the molecule is CC(=O)OC[C@H]1OC(O)C[C@H]1OC(C)=O.